The van der Waals surface area contributed by atoms with E-state index < -0.39 is 5.92 Å². The molecule has 4 aliphatic rings. The van der Waals surface area contributed by atoms with E-state index in [1.54, 1.807) is 0 Å². The number of carbonyl (C=O) groups excluding carboxylic acids is 3. The van der Waals surface area contributed by atoms with Gasteiger partial charge in [0.05, 0.1) is 5.92 Å². The first-order chi connectivity index (χ1) is 22.9. The van der Waals surface area contributed by atoms with Gasteiger partial charge in [-0.25, -0.2) is 4.79 Å². The van der Waals surface area contributed by atoms with Crippen LogP contribution in [0.5, 0.6) is 0 Å². The number of benzene rings is 3. The lowest BCUT2D eigenvalue weighted by atomic mass is 9.90. The lowest BCUT2D eigenvalue weighted by Crippen LogP contribution is -2.54. The molecular weight excluding hydrogens is 588 g/mol. The minimum atomic E-state index is -0.407. The van der Waals surface area contributed by atoms with E-state index in [0.717, 1.165) is 92.5 Å². The number of likely N-dealkylation sites (tertiary alicyclic amines) is 2. The van der Waals surface area contributed by atoms with Crippen molar-refractivity contribution in [3.8, 4) is 0 Å². The fraction of sp³-hybridized carbons (Fsp3) is 0.500. The van der Waals surface area contributed by atoms with Crippen molar-refractivity contribution < 1.29 is 14.4 Å². The number of fused-ring (bicyclic) bond motifs is 2. The third-order valence-electron chi connectivity index (χ3n) is 11.1. The summed E-state index contributed by atoms with van der Waals surface area (Å²) in [4.78, 5) is 52.0. The van der Waals surface area contributed by atoms with E-state index in [4.69, 9.17) is 0 Å². The Labute approximate surface area is 278 Å². The number of likely N-dealkylation sites (N-methyl/N-ethyl adjacent to an activating group) is 1. The van der Waals surface area contributed by atoms with Crippen LogP contribution in [0, 0.1) is 5.92 Å². The van der Waals surface area contributed by atoms with Crippen LogP contribution < -0.4 is 5.32 Å². The van der Waals surface area contributed by atoms with Gasteiger partial charge in [-0.2, -0.15) is 0 Å². The zero-order chi connectivity index (χ0) is 32.3. The number of nitrogens with one attached hydrogen (secondary N) is 1. The summed E-state index contributed by atoms with van der Waals surface area (Å²) in [6, 6.07) is 23.1. The highest BCUT2D eigenvalue weighted by atomic mass is 16.2. The summed E-state index contributed by atoms with van der Waals surface area (Å²) >= 11 is 0. The summed E-state index contributed by atoms with van der Waals surface area (Å²) in [5.41, 5.74) is 3.12. The SMILES string of the molecule is CN1CCN(C2CCN(C(=O)[C@@H](CC(=O)N3CCC(N4Cc5ccccc5NC4=O)CC3)Cc3cccc4ccccc34)CC2)CC1. The fourth-order valence-corrected chi connectivity index (χ4v) is 8.16. The molecule has 4 heterocycles. The van der Waals surface area contributed by atoms with Gasteiger partial charge in [0.1, 0.15) is 0 Å². The molecule has 0 spiro atoms. The van der Waals surface area contributed by atoms with Crippen molar-refractivity contribution in [2.75, 3.05) is 64.7 Å². The van der Waals surface area contributed by atoms with Crippen molar-refractivity contribution in [1.82, 2.24) is 24.5 Å². The van der Waals surface area contributed by atoms with Gasteiger partial charge in [-0.1, -0.05) is 60.7 Å². The van der Waals surface area contributed by atoms with E-state index in [2.05, 4.69) is 58.6 Å². The van der Waals surface area contributed by atoms with Crippen molar-refractivity contribution in [3.05, 3.63) is 77.9 Å². The average molecular weight is 637 g/mol. The third-order valence-corrected chi connectivity index (χ3v) is 11.1. The van der Waals surface area contributed by atoms with Gasteiger partial charge in [0.25, 0.3) is 0 Å². The van der Waals surface area contributed by atoms with Gasteiger partial charge in [0, 0.05) is 83.1 Å². The lowest BCUT2D eigenvalue weighted by molar-refractivity contribution is -0.143. The number of piperidine rings is 2. The molecular formula is C38H48N6O3. The molecule has 9 nitrogen and oxygen atoms in total. The van der Waals surface area contributed by atoms with Gasteiger partial charge in [-0.3, -0.25) is 14.5 Å². The standard InChI is InChI=1S/C38H48N6O3/c1-40-21-23-41(24-22-40)32-13-19-43(20-14-32)37(46)31(25-29-10-6-9-28-7-2-4-11-34(28)29)26-36(45)42-17-15-33(16-18-42)44-27-30-8-3-5-12-35(30)39-38(44)47/h2-12,31-33H,13-27H2,1H3,(H,39,47)/t31-/m1/s1. The van der Waals surface area contributed by atoms with E-state index in [1.165, 1.54) is 0 Å². The normalized spacial score (nSPS) is 21.0. The van der Waals surface area contributed by atoms with Crippen LogP contribution in [0.2, 0.25) is 0 Å². The van der Waals surface area contributed by atoms with Crippen LogP contribution >= 0.6 is 0 Å². The quantitative estimate of drug-likeness (QED) is 0.408. The number of urea groups is 1. The molecule has 3 fully saturated rings. The molecule has 4 aliphatic heterocycles. The Hall–Kier alpha value is -3.95. The number of nitrogens with zero attached hydrogens (tertiary/aromatic N) is 5. The molecule has 9 heteroatoms. The second-order valence-corrected chi connectivity index (χ2v) is 14.0. The van der Waals surface area contributed by atoms with Gasteiger partial charge >= 0.3 is 6.03 Å². The zero-order valence-electron chi connectivity index (χ0n) is 27.7. The molecule has 0 bridgehead atoms. The summed E-state index contributed by atoms with van der Waals surface area (Å²) in [5.74, 6) is -0.250. The summed E-state index contributed by atoms with van der Waals surface area (Å²) in [6.45, 7) is 7.69. The largest absolute Gasteiger partial charge is 0.343 e. The highest BCUT2D eigenvalue weighted by Crippen LogP contribution is 2.30. The van der Waals surface area contributed by atoms with E-state index in [-0.39, 0.29) is 30.3 Å². The van der Waals surface area contributed by atoms with Gasteiger partial charge < -0.3 is 24.9 Å². The maximum Gasteiger partial charge on any atom is 0.322 e. The highest BCUT2D eigenvalue weighted by molar-refractivity contribution is 5.92. The van der Waals surface area contributed by atoms with E-state index in [1.807, 2.05) is 45.0 Å². The van der Waals surface area contributed by atoms with Crippen molar-refractivity contribution in [1.29, 1.82) is 0 Å². The molecule has 0 saturated carbocycles. The van der Waals surface area contributed by atoms with Crippen LogP contribution in [0.3, 0.4) is 0 Å². The number of hydrogen-bond donors (Lipinski definition) is 1. The van der Waals surface area contributed by atoms with Crippen molar-refractivity contribution in [2.45, 2.75) is 57.2 Å². The van der Waals surface area contributed by atoms with Crippen LogP contribution in [0.4, 0.5) is 10.5 Å². The van der Waals surface area contributed by atoms with Crippen LogP contribution in [0.1, 0.15) is 43.2 Å². The monoisotopic (exact) mass is 636 g/mol. The Balaban J connectivity index is 1.01. The summed E-state index contributed by atoms with van der Waals surface area (Å²) in [7, 11) is 2.19. The summed E-state index contributed by atoms with van der Waals surface area (Å²) in [6.07, 6.45) is 4.22. The molecule has 3 aromatic carbocycles. The molecule has 0 radical (unpaired) electrons. The maximum absolute atomic E-state index is 14.3. The van der Waals surface area contributed by atoms with E-state index >= 15 is 0 Å². The number of para-hydroxylation sites is 1. The minimum absolute atomic E-state index is 0.0443. The molecule has 0 aromatic heterocycles. The molecule has 248 valence electrons. The molecule has 0 aliphatic carbocycles. The topological polar surface area (TPSA) is 79.4 Å². The predicted molar refractivity (Wildman–Crippen MR) is 185 cm³/mol. The first kappa shape index (κ1) is 31.6. The smallest absolute Gasteiger partial charge is 0.322 e. The Morgan fingerprint density at radius 1 is 0.766 bits per heavy atom. The minimum Gasteiger partial charge on any atom is -0.343 e. The number of rotatable bonds is 7. The Bertz CT molecular complexity index is 1580. The van der Waals surface area contributed by atoms with Crippen LogP contribution in [0.25, 0.3) is 10.8 Å². The molecule has 0 unspecified atom stereocenters. The van der Waals surface area contributed by atoms with Crippen LogP contribution in [-0.2, 0) is 22.6 Å². The third kappa shape index (κ3) is 7.02. The van der Waals surface area contributed by atoms with Crippen LogP contribution in [-0.4, -0.2) is 114 Å². The average Bonchev–Trinajstić information content (AvgIpc) is 3.11. The molecule has 47 heavy (non-hydrogen) atoms. The predicted octanol–water partition coefficient (Wildman–Crippen LogP) is 4.67. The summed E-state index contributed by atoms with van der Waals surface area (Å²) < 4.78 is 0. The van der Waals surface area contributed by atoms with Crippen molar-refractivity contribution in [2.24, 2.45) is 5.92 Å². The molecule has 1 atom stereocenters. The molecule has 4 amide bonds. The molecule has 3 aromatic rings. The van der Waals surface area contributed by atoms with Gasteiger partial charge in [-0.05, 0) is 67.1 Å². The molecule has 7 rings (SSSR count). The first-order valence-corrected chi connectivity index (χ1v) is 17.5. The Morgan fingerprint density at radius 3 is 2.21 bits per heavy atom. The Kier molecular flexibility index (Phi) is 9.45. The zero-order valence-corrected chi connectivity index (χ0v) is 27.7. The fourth-order valence-electron chi connectivity index (χ4n) is 8.16. The number of amides is 4. The van der Waals surface area contributed by atoms with Crippen LogP contribution in [0.15, 0.2) is 66.7 Å². The maximum atomic E-state index is 14.3. The lowest BCUT2D eigenvalue weighted by Gasteiger charge is -2.43. The molecule has 1 N–H and O–H groups in total. The summed E-state index contributed by atoms with van der Waals surface area (Å²) in [5, 5.41) is 5.33. The second-order valence-electron chi connectivity index (χ2n) is 14.0. The second kappa shape index (κ2) is 14.0. The number of hydrogen-bond acceptors (Lipinski definition) is 5. The van der Waals surface area contributed by atoms with E-state index in [0.29, 0.717) is 32.1 Å². The number of piperazine rings is 1. The van der Waals surface area contributed by atoms with Gasteiger partial charge in [0.2, 0.25) is 11.8 Å². The molecule has 3 saturated heterocycles. The van der Waals surface area contributed by atoms with Gasteiger partial charge in [0.15, 0.2) is 0 Å². The Morgan fingerprint density at radius 2 is 1.43 bits per heavy atom. The van der Waals surface area contributed by atoms with Crippen molar-refractivity contribution in [3.63, 3.8) is 0 Å². The van der Waals surface area contributed by atoms with Crippen molar-refractivity contribution >= 4 is 34.3 Å². The number of anilines is 1. The first-order valence-electron chi connectivity index (χ1n) is 17.5. The number of carbonyl (C=O) groups is 3. The highest BCUT2D eigenvalue weighted by Gasteiger charge is 2.36. The van der Waals surface area contributed by atoms with Gasteiger partial charge in [-0.15, -0.1) is 0 Å². The van der Waals surface area contributed by atoms with E-state index in [9.17, 15) is 14.4 Å².